The van der Waals surface area contributed by atoms with Gasteiger partial charge in [0.05, 0.1) is 12.7 Å². The van der Waals surface area contributed by atoms with Crippen LogP contribution in [0.4, 0.5) is 0 Å². The monoisotopic (exact) mass is 230 g/mol. The van der Waals surface area contributed by atoms with Crippen molar-refractivity contribution < 1.29 is 9.53 Å². The second-order valence-electron chi connectivity index (χ2n) is 4.33. The topological polar surface area (TPSA) is 55.6 Å². The first-order valence-electron chi connectivity index (χ1n) is 6.13. The van der Waals surface area contributed by atoms with Crippen LogP contribution in [0.25, 0.3) is 0 Å². The minimum atomic E-state index is 0.198. The van der Waals surface area contributed by atoms with E-state index in [1.807, 2.05) is 20.9 Å². The van der Waals surface area contributed by atoms with Crippen LogP contribution in [-0.4, -0.2) is 43.7 Å². The number of carbonyl (C=O) groups excluding carboxylic acids is 1. The largest absolute Gasteiger partial charge is 0.377 e. The SMILES string of the molecule is CC(C)OCCN(C)C(=O)CCCCCN. The molecule has 4 nitrogen and oxygen atoms in total. The summed E-state index contributed by atoms with van der Waals surface area (Å²) in [5.41, 5.74) is 5.39. The lowest BCUT2D eigenvalue weighted by Gasteiger charge is -2.18. The maximum Gasteiger partial charge on any atom is 0.222 e. The number of ether oxygens (including phenoxy) is 1. The molecular weight excluding hydrogens is 204 g/mol. The van der Waals surface area contributed by atoms with Gasteiger partial charge in [-0.2, -0.15) is 0 Å². The molecule has 0 saturated carbocycles. The number of likely N-dealkylation sites (N-methyl/N-ethyl adjacent to an activating group) is 1. The molecule has 0 heterocycles. The predicted molar refractivity (Wildman–Crippen MR) is 66.2 cm³/mol. The summed E-state index contributed by atoms with van der Waals surface area (Å²) in [5.74, 6) is 0.198. The zero-order valence-corrected chi connectivity index (χ0v) is 10.9. The average Bonchev–Trinajstić information content (AvgIpc) is 2.23. The third-order valence-electron chi connectivity index (χ3n) is 2.40. The summed E-state index contributed by atoms with van der Waals surface area (Å²) in [7, 11) is 1.83. The van der Waals surface area contributed by atoms with E-state index in [-0.39, 0.29) is 12.0 Å². The highest BCUT2D eigenvalue weighted by Gasteiger charge is 2.07. The van der Waals surface area contributed by atoms with E-state index in [0.717, 1.165) is 19.3 Å². The smallest absolute Gasteiger partial charge is 0.222 e. The molecule has 0 aliphatic rings. The van der Waals surface area contributed by atoms with Crippen LogP contribution in [0.15, 0.2) is 0 Å². The van der Waals surface area contributed by atoms with Crippen LogP contribution >= 0.6 is 0 Å². The Morgan fingerprint density at radius 1 is 1.31 bits per heavy atom. The highest BCUT2D eigenvalue weighted by atomic mass is 16.5. The Morgan fingerprint density at radius 2 is 2.00 bits per heavy atom. The maximum absolute atomic E-state index is 11.6. The molecule has 0 aromatic rings. The van der Waals surface area contributed by atoms with E-state index < -0.39 is 0 Å². The van der Waals surface area contributed by atoms with Crippen molar-refractivity contribution in [3.05, 3.63) is 0 Å². The Morgan fingerprint density at radius 3 is 2.56 bits per heavy atom. The fraction of sp³-hybridized carbons (Fsp3) is 0.917. The molecule has 0 atom stereocenters. The van der Waals surface area contributed by atoms with Crippen molar-refractivity contribution in [3.8, 4) is 0 Å². The van der Waals surface area contributed by atoms with Crippen molar-refractivity contribution in [2.24, 2.45) is 5.73 Å². The number of unbranched alkanes of at least 4 members (excludes halogenated alkanes) is 2. The fourth-order valence-electron chi connectivity index (χ4n) is 1.34. The molecule has 0 radical (unpaired) electrons. The van der Waals surface area contributed by atoms with Crippen LogP contribution in [-0.2, 0) is 9.53 Å². The molecule has 2 N–H and O–H groups in total. The van der Waals surface area contributed by atoms with Gasteiger partial charge in [0.25, 0.3) is 0 Å². The van der Waals surface area contributed by atoms with E-state index in [4.69, 9.17) is 10.5 Å². The van der Waals surface area contributed by atoms with Crippen LogP contribution in [0, 0.1) is 0 Å². The zero-order chi connectivity index (χ0) is 12.4. The second kappa shape index (κ2) is 9.60. The van der Waals surface area contributed by atoms with Crippen LogP contribution in [0.1, 0.15) is 39.5 Å². The van der Waals surface area contributed by atoms with Gasteiger partial charge in [0.15, 0.2) is 0 Å². The molecule has 0 spiro atoms. The highest BCUT2D eigenvalue weighted by molar-refractivity contribution is 5.75. The normalized spacial score (nSPS) is 10.8. The molecule has 0 aromatic carbocycles. The van der Waals surface area contributed by atoms with Crippen LogP contribution in [0.3, 0.4) is 0 Å². The summed E-state index contributed by atoms with van der Waals surface area (Å²) in [4.78, 5) is 13.4. The van der Waals surface area contributed by atoms with Gasteiger partial charge in [-0.15, -0.1) is 0 Å². The number of amides is 1. The van der Waals surface area contributed by atoms with E-state index in [2.05, 4.69) is 0 Å². The quantitative estimate of drug-likeness (QED) is 0.609. The highest BCUT2D eigenvalue weighted by Crippen LogP contribution is 2.01. The Labute approximate surface area is 99.1 Å². The summed E-state index contributed by atoms with van der Waals surface area (Å²) in [6, 6.07) is 0. The van der Waals surface area contributed by atoms with Crippen LogP contribution < -0.4 is 5.73 Å². The van der Waals surface area contributed by atoms with Crippen molar-refractivity contribution in [3.63, 3.8) is 0 Å². The van der Waals surface area contributed by atoms with Gasteiger partial charge in [0.1, 0.15) is 0 Å². The van der Waals surface area contributed by atoms with E-state index >= 15 is 0 Å². The van der Waals surface area contributed by atoms with Crippen LogP contribution in [0.5, 0.6) is 0 Å². The minimum absolute atomic E-state index is 0.198. The number of hydrogen-bond acceptors (Lipinski definition) is 3. The van der Waals surface area contributed by atoms with Crippen molar-refractivity contribution in [1.82, 2.24) is 4.90 Å². The molecule has 0 aliphatic heterocycles. The lowest BCUT2D eigenvalue weighted by atomic mass is 10.2. The van der Waals surface area contributed by atoms with Gasteiger partial charge in [0.2, 0.25) is 5.91 Å². The molecule has 0 rings (SSSR count). The van der Waals surface area contributed by atoms with Gasteiger partial charge >= 0.3 is 0 Å². The Bertz CT molecular complexity index is 184. The molecule has 1 amide bonds. The van der Waals surface area contributed by atoms with Gasteiger partial charge in [-0.3, -0.25) is 4.79 Å². The van der Waals surface area contributed by atoms with Crippen LogP contribution in [0.2, 0.25) is 0 Å². The molecular formula is C12H26N2O2. The van der Waals surface area contributed by atoms with Crippen molar-refractivity contribution in [1.29, 1.82) is 0 Å². The third-order valence-corrected chi connectivity index (χ3v) is 2.40. The van der Waals surface area contributed by atoms with Crippen molar-refractivity contribution >= 4 is 5.91 Å². The standard InChI is InChI=1S/C12H26N2O2/c1-11(2)16-10-9-14(3)12(15)7-5-4-6-8-13/h11H,4-10,13H2,1-3H3. The number of rotatable bonds is 9. The zero-order valence-electron chi connectivity index (χ0n) is 10.9. The van der Waals surface area contributed by atoms with E-state index in [0.29, 0.717) is 26.1 Å². The predicted octanol–water partition coefficient (Wildman–Crippen LogP) is 1.39. The second-order valence-corrected chi connectivity index (χ2v) is 4.33. The molecule has 0 aliphatic carbocycles. The van der Waals surface area contributed by atoms with Crippen molar-refractivity contribution in [2.45, 2.75) is 45.6 Å². The number of hydrogen-bond donors (Lipinski definition) is 1. The first kappa shape index (κ1) is 15.4. The summed E-state index contributed by atoms with van der Waals surface area (Å²) < 4.78 is 5.40. The Kier molecular flexibility index (Phi) is 9.24. The first-order chi connectivity index (χ1) is 7.57. The fourth-order valence-corrected chi connectivity index (χ4v) is 1.34. The molecule has 0 fully saturated rings. The molecule has 0 aromatic heterocycles. The van der Waals surface area contributed by atoms with E-state index in [9.17, 15) is 4.79 Å². The number of nitrogens with zero attached hydrogens (tertiary/aromatic N) is 1. The number of carbonyl (C=O) groups is 1. The summed E-state index contributed by atoms with van der Waals surface area (Å²) in [6.45, 7) is 5.99. The van der Waals surface area contributed by atoms with Gasteiger partial charge in [-0.05, 0) is 33.2 Å². The maximum atomic E-state index is 11.6. The third kappa shape index (κ3) is 8.68. The van der Waals surface area contributed by atoms with Gasteiger partial charge in [0, 0.05) is 20.0 Å². The van der Waals surface area contributed by atoms with Gasteiger partial charge in [-0.1, -0.05) is 6.42 Å². The molecule has 0 unspecified atom stereocenters. The Hall–Kier alpha value is -0.610. The minimum Gasteiger partial charge on any atom is -0.377 e. The molecule has 0 saturated heterocycles. The molecule has 0 bridgehead atoms. The lowest BCUT2D eigenvalue weighted by molar-refractivity contribution is -0.130. The summed E-state index contributed by atoms with van der Waals surface area (Å²) in [6.07, 6.45) is 3.84. The van der Waals surface area contributed by atoms with Gasteiger partial charge in [-0.25, -0.2) is 0 Å². The van der Waals surface area contributed by atoms with Gasteiger partial charge < -0.3 is 15.4 Å². The summed E-state index contributed by atoms with van der Waals surface area (Å²) in [5, 5.41) is 0. The summed E-state index contributed by atoms with van der Waals surface area (Å²) >= 11 is 0. The van der Waals surface area contributed by atoms with E-state index in [1.54, 1.807) is 4.90 Å². The number of nitrogens with two attached hydrogens (primary N) is 1. The average molecular weight is 230 g/mol. The Balaban J connectivity index is 3.49. The van der Waals surface area contributed by atoms with Crippen molar-refractivity contribution in [2.75, 3.05) is 26.7 Å². The molecule has 16 heavy (non-hydrogen) atoms. The molecule has 96 valence electrons. The first-order valence-corrected chi connectivity index (χ1v) is 6.13. The lowest BCUT2D eigenvalue weighted by Crippen LogP contribution is -2.30. The molecule has 4 heteroatoms. The van der Waals surface area contributed by atoms with E-state index in [1.165, 1.54) is 0 Å².